The lowest BCUT2D eigenvalue weighted by Crippen LogP contribution is -2.49. The van der Waals surface area contributed by atoms with Crippen LogP contribution in [0.4, 0.5) is 5.69 Å². The van der Waals surface area contributed by atoms with E-state index < -0.39 is 11.0 Å². The third kappa shape index (κ3) is 6.41. The molecule has 0 saturated carbocycles. The molecule has 0 aliphatic heterocycles. The van der Waals surface area contributed by atoms with E-state index in [1.54, 1.807) is 25.1 Å². The van der Waals surface area contributed by atoms with E-state index in [0.717, 1.165) is 12.0 Å². The first-order chi connectivity index (χ1) is 13.9. The van der Waals surface area contributed by atoms with Gasteiger partial charge in [-0.25, -0.2) is 0 Å². The molecule has 2 rings (SSSR count). The highest BCUT2D eigenvalue weighted by molar-refractivity contribution is 5.88. The largest absolute Gasteiger partial charge is 0.354 e. The van der Waals surface area contributed by atoms with Gasteiger partial charge in [0.15, 0.2) is 0 Å². The van der Waals surface area contributed by atoms with Crippen molar-refractivity contribution in [3.63, 3.8) is 0 Å². The van der Waals surface area contributed by atoms with Gasteiger partial charge in [0.1, 0.15) is 6.04 Å². The molecule has 2 amide bonds. The van der Waals surface area contributed by atoms with E-state index in [2.05, 4.69) is 5.32 Å². The maximum Gasteiger partial charge on any atom is 0.273 e. The van der Waals surface area contributed by atoms with Crippen molar-refractivity contribution in [1.29, 1.82) is 0 Å². The summed E-state index contributed by atoms with van der Waals surface area (Å²) in [4.78, 5) is 37.8. The van der Waals surface area contributed by atoms with E-state index in [1.165, 1.54) is 11.0 Å². The summed E-state index contributed by atoms with van der Waals surface area (Å²) in [5, 5.41) is 14.1. The van der Waals surface area contributed by atoms with Crippen LogP contribution < -0.4 is 5.32 Å². The third-order valence-electron chi connectivity index (χ3n) is 4.73. The zero-order valence-electron chi connectivity index (χ0n) is 16.8. The summed E-state index contributed by atoms with van der Waals surface area (Å²) in [6.45, 7) is 4.53. The number of nitrogens with one attached hydrogen (secondary N) is 1. The first-order valence-corrected chi connectivity index (χ1v) is 9.77. The Bertz CT molecular complexity index is 839. The van der Waals surface area contributed by atoms with E-state index in [-0.39, 0.29) is 23.9 Å². The van der Waals surface area contributed by atoms with E-state index >= 15 is 0 Å². The molecule has 0 bridgehead atoms. The van der Waals surface area contributed by atoms with Gasteiger partial charge in [-0.05, 0) is 25.3 Å². The second kappa shape index (κ2) is 10.9. The topological polar surface area (TPSA) is 92.6 Å². The van der Waals surface area contributed by atoms with Crippen LogP contribution >= 0.6 is 0 Å². The molecule has 0 aliphatic carbocycles. The standard InChI is InChI=1S/C22H27N3O4/c1-3-14-23-22(27)17(2)24(15-13-18-9-5-4-6-10-18)21(26)16-19-11-7-8-12-20(19)25(28)29/h4-12,17H,3,13-16H2,1-2H3,(H,23,27)/t17-/m0/s1. The van der Waals surface area contributed by atoms with Gasteiger partial charge in [0.05, 0.1) is 11.3 Å². The Morgan fingerprint density at radius 3 is 2.41 bits per heavy atom. The van der Waals surface area contributed by atoms with Gasteiger partial charge in [0, 0.05) is 24.7 Å². The van der Waals surface area contributed by atoms with Crippen LogP contribution in [0.25, 0.3) is 0 Å². The SMILES string of the molecule is CCCNC(=O)[C@H](C)N(CCc1ccccc1)C(=O)Cc1ccccc1[N+](=O)[O-]. The fraction of sp³-hybridized carbons (Fsp3) is 0.364. The molecule has 0 spiro atoms. The second-order valence-corrected chi connectivity index (χ2v) is 6.85. The summed E-state index contributed by atoms with van der Waals surface area (Å²) in [6, 6.07) is 15.2. The van der Waals surface area contributed by atoms with Crippen molar-refractivity contribution in [2.45, 2.75) is 39.2 Å². The van der Waals surface area contributed by atoms with Gasteiger partial charge < -0.3 is 10.2 Å². The number of nitro groups is 1. The number of carbonyl (C=O) groups excluding carboxylic acids is 2. The van der Waals surface area contributed by atoms with Crippen molar-refractivity contribution in [3.8, 4) is 0 Å². The number of hydrogen-bond donors (Lipinski definition) is 1. The summed E-state index contributed by atoms with van der Waals surface area (Å²) in [5.41, 5.74) is 1.30. The smallest absolute Gasteiger partial charge is 0.273 e. The van der Waals surface area contributed by atoms with E-state index in [9.17, 15) is 19.7 Å². The second-order valence-electron chi connectivity index (χ2n) is 6.85. The van der Waals surface area contributed by atoms with Gasteiger partial charge in [-0.2, -0.15) is 0 Å². The molecule has 1 atom stereocenters. The molecule has 2 aromatic rings. The Morgan fingerprint density at radius 2 is 1.76 bits per heavy atom. The Labute approximate surface area is 170 Å². The van der Waals surface area contributed by atoms with Crippen LogP contribution in [-0.2, 0) is 22.4 Å². The number of amides is 2. The third-order valence-corrected chi connectivity index (χ3v) is 4.73. The number of nitrogens with zero attached hydrogens (tertiary/aromatic N) is 2. The molecule has 0 fully saturated rings. The van der Waals surface area contributed by atoms with Gasteiger partial charge in [-0.3, -0.25) is 19.7 Å². The molecule has 7 heteroatoms. The van der Waals surface area contributed by atoms with E-state index in [4.69, 9.17) is 0 Å². The van der Waals surface area contributed by atoms with Crippen molar-refractivity contribution >= 4 is 17.5 Å². The summed E-state index contributed by atoms with van der Waals surface area (Å²) >= 11 is 0. The van der Waals surface area contributed by atoms with E-state index in [1.807, 2.05) is 37.3 Å². The minimum absolute atomic E-state index is 0.0908. The van der Waals surface area contributed by atoms with Crippen LogP contribution in [0, 0.1) is 10.1 Å². The molecule has 0 radical (unpaired) electrons. The molecular weight excluding hydrogens is 370 g/mol. The van der Waals surface area contributed by atoms with Crippen molar-refractivity contribution < 1.29 is 14.5 Å². The highest BCUT2D eigenvalue weighted by Crippen LogP contribution is 2.19. The fourth-order valence-electron chi connectivity index (χ4n) is 3.07. The normalized spacial score (nSPS) is 11.5. The van der Waals surface area contributed by atoms with Crippen LogP contribution in [0.3, 0.4) is 0 Å². The molecule has 7 nitrogen and oxygen atoms in total. The summed E-state index contributed by atoms with van der Waals surface area (Å²) in [7, 11) is 0. The predicted molar refractivity (Wildman–Crippen MR) is 111 cm³/mol. The molecule has 154 valence electrons. The van der Waals surface area contributed by atoms with Gasteiger partial charge in [0.25, 0.3) is 5.69 Å². The molecule has 0 saturated heterocycles. The van der Waals surface area contributed by atoms with Crippen LogP contribution in [0.1, 0.15) is 31.4 Å². The zero-order valence-corrected chi connectivity index (χ0v) is 16.8. The molecule has 29 heavy (non-hydrogen) atoms. The average molecular weight is 397 g/mol. The van der Waals surface area contributed by atoms with Crippen molar-refractivity contribution in [3.05, 3.63) is 75.8 Å². The fourth-order valence-corrected chi connectivity index (χ4v) is 3.07. The van der Waals surface area contributed by atoms with Crippen molar-refractivity contribution in [2.24, 2.45) is 0 Å². The molecule has 1 N–H and O–H groups in total. The molecule has 0 heterocycles. The molecule has 2 aromatic carbocycles. The van der Waals surface area contributed by atoms with Gasteiger partial charge >= 0.3 is 0 Å². The quantitative estimate of drug-likeness (QED) is 0.492. The Balaban J connectivity index is 2.19. The van der Waals surface area contributed by atoms with Gasteiger partial charge in [-0.15, -0.1) is 0 Å². The van der Waals surface area contributed by atoms with Crippen LogP contribution in [0.5, 0.6) is 0 Å². The van der Waals surface area contributed by atoms with Crippen molar-refractivity contribution in [1.82, 2.24) is 10.2 Å². The highest BCUT2D eigenvalue weighted by Gasteiger charge is 2.27. The lowest BCUT2D eigenvalue weighted by Gasteiger charge is -2.29. The first-order valence-electron chi connectivity index (χ1n) is 9.77. The number of hydrogen-bond acceptors (Lipinski definition) is 4. The summed E-state index contributed by atoms with van der Waals surface area (Å²) in [6.07, 6.45) is 1.26. The monoisotopic (exact) mass is 397 g/mol. The van der Waals surface area contributed by atoms with E-state index in [0.29, 0.717) is 25.1 Å². The van der Waals surface area contributed by atoms with Crippen molar-refractivity contribution in [2.75, 3.05) is 13.1 Å². The Hall–Kier alpha value is -3.22. The lowest BCUT2D eigenvalue weighted by molar-refractivity contribution is -0.385. The zero-order chi connectivity index (χ0) is 21.2. The maximum atomic E-state index is 13.1. The summed E-state index contributed by atoms with van der Waals surface area (Å²) < 4.78 is 0. The number of benzene rings is 2. The molecule has 0 unspecified atom stereocenters. The first kappa shape index (κ1) is 22.1. The number of nitro benzene ring substituents is 1. The Morgan fingerprint density at radius 1 is 1.10 bits per heavy atom. The molecule has 0 aromatic heterocycles. The van der Waals surface area contributed by atoms with Gasteiger partial charge in [-0.1, -0.05) is 55.5 Å². The Kier molecular flexibility index (Phi) is 8.33. The van der Waals surface area contributed by atoms with Crippen LogP contribution in [0.15, 0.2) is 54.6 Å². The summed E-state index contributed by atoms with van der Waals surface area (Å²) in [5.74, 6) is -0.537. The van der Waals surface area contributed by atoms with Gasteiger partial charge in [0.2, 0.25) is 11.8 Å². The lowest BCUT2D eigenvalue weighted by atomic mass is 10.1. The maximum absolute atomic E-state index is 13.1. The number of carbonyl (C=O) groups is 2. The number of para-hydroxylation sites is 1. The highest BCUT2D eigenvalue weighted by atomic mass is 16.6. The predicted octanol–water partition coefficient (Wildman–Crippen LogP) is 3.12. The molecular formula is C22H27N3O4. The minimum atomic E-state index is -0.666. The minimum Gasteiger partial charge on any atom is -0.354 e. The average Bonchev–Trinajstić information content (AvgIpc) is 2.73. The van der Waals surface area contributed by atoms with Crippen LogP contribution in [-0.4, -0.2) is 40.8 Å². The van der Waals surface area contributed by atoms with Crippen LogP contribution in [0.2, 0.25) is 0 Å². The number of rotatable bonds is 10. The molecule has 0 aliphatic rings.